The van der Waals surface area contributed by atoms with Gasteiger partial charge in [0.05, 0.1) is 5.41 Å². The molecule has 0 saturated heterocycles. The number of phenols is 1. The second kappa shape index (κ2) is 6.60. The molecule has 0 radical (unpaired) electrons. The molecule has 3 heteroatoms. The minimum absolute atomic E-state index is 0.193. The molecule has 1 aromatic rings. The van der Waals surface area contributed by atoms with E-state index in [0.717, 1.165) is 24.8 Å². The van der Waals surface area contributed by atoms with Gasteiger partial charge in [-0.3, -0.25) is 4.79 Å². The molecule has 0 aliphatic rings. The Hall–Kier alpha value is -1.51. The predicted molar refractivity (Wildman–Crippen MR) is 75.9 cm³/mol. The zero-order valence-electron chi connectivity index (χ0n) is 12.3. The van der Waals surface area contributed by atoms with Gasteiger partial charge in [-0.25, -0.2) is 0 Å². The average molecular weight is 264 g/mol. The van der Waals surface area contributed by atoms with Gasteiger partial charge < -0.3 is 9.84 Å². The van der Waals surface area contributed by atoms with Crippen LogP contribution in [0, 0.1) is 5.41 Å². The van der Waals surface area contributed by atoms with Crippen LogP contribution >= 0.6 is 0 Å². The van der Waals surface area contributed by atoms with E-state index < -0.39 is 5.41 Å². The van der Waals surface area contributed by atoms with Crippen LogP contribution in [-0.2, 0) is 9.53 Å². The van der Waals surface area contributed by atoms with Crippen molar-refractivity contribution in [3.05, 3.63) is 29.8 Å². The Kier molecular flexibility index (Phi) is 5.40. The number of ether oxygens (including phenoxy) is 1. The summed E-state index contributed by atoms with van der Waals surface area (Å²) in [5.74, 6) is 0.0295. The third-order valence-electron chi connectivity index (χ3n) is 2.95. The molecular formula is C16H24O3. The maximum absolute atomic E-state index is 12.0. The SMILES string of the molecule is CCCCC(OC(=O)C(C)(C)C)c1ccc(O)cc1. The Labute approximate surface area is 115 Å². The van der Waals surface area contributed by atoms with Crippen LogP contribution in [-0.4, -0.2) is 11.1 Å². The number of rotatable bonds is 5. The third-order valence-corrected chi connectivity index (χ3v) is 2.95. The topological polar surface area (TPSA) is 46.5 Å². The highest BCUT2D eigenvalue weighted by molar-refractivity contribution is 5.75. The molecule has 1 N–H and O–H groups in total. The number of esters is 1. The number of aromatic hydroxyl groups is 1. The van der Waals surface area contributed by atoms with Crippen molar-refractivity contribution in [2.45, 2.75) is 53.1 Å². The van der Waals surface area contributed by atoms with Crippen LogP contribution in [0.15, 0.2) is 24.3 Å². The summed E-state index contributed by atoms with van der Waals surface area (Å²) >= 11 is 0. The Morgan fingerprint density at radius 1 is 1.26 bits per heavy atom. The smallest absolute Gasteiger partial charge is 0.311 e. The normalized spacial score (nSPS) is 13.1. The average Bonchev–Trinajstić information content (AvgIpc) is 2.34. The molecule has 0 saturated carbocycles. The number of phenolic OH excluding ortho intramolecular Hbond substituents is 1. The first-order valence-electron chi connectivity index (χ1n) is 6.84. The van der Waals surface area contributed by atoms with Crippen molar-refractivity contribution in [2.24, 2.45) is 5.41 Å². The van der Waals surface area contributed by atoms with Crippen LogP contribution in [0.4, 0.5) is 0 Å². The molecule has 0 amide bonds. The van der Waals surface area contributed by atoms with Crippen molar-refractivity contribution in [3.63, 3.8) is 0 Å². The summed E-state index contributed by atoms with van der Waals surface area (Å²) in [6.07, 6.45) is 2.64. The summed E-state index contributed by atoms with van der Waals surface area (Å²) in [7, 11) is 0. The van der Waals surface area contributed by atoms with E-state index in [1.807, 2.05) is 32.9 Å². The molecule has 106 valence electrons. The highest BCUT2D eigenvalue weighted by atomic mass is 16.5. The van der Waals surface area contributed by atoms with Crippen molar-refractivity contribution >= 4 is 5.97 Å². The van der Waals surface area contributed by atoms with Crippen LogP contribution < -0.4 is 0 Å². The second-order valence-electron chi connectivity index (χ2n) is 5.88. The van der Waals surface area contributed by atoms with E-state index in [9.17, 15) is 9.90 Å². The van der Waals surface area contributed by atoms with Crippen LogP contribution in [0.1, 0.15) is 58.6 Å². The van der Waals surface area contributed by atoms with Crippen molar-refractivity contribution in [3.8, 4) is 5.75 Å². The standard InChI is InChI=1S/C16H24O3/c1-5-6-7-14(19-15(18)16(2,3)4)12-8-10-13(17)11-9-12/h8-11,14,17H,5-7H2,1-4H3. The Morgan fingerprint density at radius 3 is 2.32 bits per heavy atom. The first-order valence-corrected chi connectivity index (χ1v) is 6.84. The third kappa shape index (κ3) is 4.93. The fourth-order valence-corrected chi connectivity index (χ4v) is 1.68. The van der Waals surface area contributed by atoms with Crippen LogP contribution in [0.5, 0.6) is 5.75 Å². The number of hydrogen-bond acceptors (Lipinski definition) is 3. The van der Waals surface area contributed by atoms with Gasteiger partial charge in [0.15, 0.2) is 0 Å². The quantitative estimate of drug-likeness (QED) is 0.810. The molecule has 1 aromatic carbocycles. The number of hydrogen-bond donors (Lipinski definition) is 1. The number of carbonyl (C=O) groups excluding carboxylic acids is 1. The molecule has 0 aliphatic carbocycles. The van der Waals surface area contributed by atoms with Crippen molar-refractivity contribution in [1.29, 1.82) is 0 Å². The van der Waals surface area contributed by atoms with Gasteiger partial charge in [-0.05, 0) is 51.3 Å². The van der Waals surface area contributed by atoms with Gasteiger partial charge in [-0.1, -0.05) is 25.5 Å². The van der Waals surface area contributed by atoms with Gasteiger partial charge in [0.25, 0.3) is 0 Å². The fraction of sp³-hybridized carbons (Fsp3) is 0.562. The van der Waals surface area contributed by atoms with E-state index in [1.165, 1.54) is 0 Å². The van der Waals surface area contributed by atoms with Crippen molar-refractivity contribution < 1.29 is 14.6 Å². The largest absolute Gasteiger partial charge is 0.508 e. The molecule has 1 atom stereocenters. The Morgan fingerprint density at radius 2 is 1.84 bits per heavy atom. The molecule has 1 unspecified atom stereocenters. The fourth-order valence-electron chi connectivity index (χ4n) is 1.68. The van der Waals surface area contributed by atoms with E-state index in [0.29, 0.717) is 0 Å². The van der Waals surface area contributed by atoms with E-state index in [2.05, 4.69) is 6.92 Å². The van der Waals surface area contributed by atoms with Crippen LogP contribution in [0.3, 0.4) is 0 Å². The number of carbonyl (C=O) groups is 1. The zero-order chi connectivity index (χ0) is 14.5. The Bertz CT molecular complexity index is 401. The second-order valence-corrected chi connectivity index (χ2v) is 5.88. The lowest BCUT2D eigenvalue weighted by atomic mass is 9.96. The van der Waals surface area contributed by atoms with E-state index >= 15 is 0 Å². The molecule has 19 heavy (non-hydrogen) atoms. The minimum Gasteiger partial charge on any atom is -0.508 e. The zero-order valence-corrected chi connectivity index (χ0v) is 12.3. The van der Waals surface area contributed by atoms with Gasteiger partial charge in [0.2, 0.25) is 0 Å². The van der Waals surface area contributed by atoms with Crippen molar-refractivity contribution in [1.82, 2.24) is 0 Å². The molecule has 0 aromatic heterocycles. The van der Waals surface area contributed by atoms with E-state index in [4.69, 9.17) is 4.74 Å². The highest BCUT2D eigenvalue weighted by Crippen LogP contribution is 2.28. The maximum Gasteiger partial charge on any atom is 0.311 e. The van der Waals surface area contributed by atoms with Gasteiger partial charge in [-0.2, -0.15) is 0 Å². The van der Waals surface area contributed by atoms with E-state index in [-0.39, 0.29) is 17.8 Å². The molecule has 3 nitrogen and oxygen atoms in total. The molecule has 0 aliphatic heterocycles. The monoisotopic (exact) mass is 264 g/mol. The number of unbranched alkanes of at least 4 members (excludes halogenated alkanes) is 1. The van der Waals surface area contributed by atoms with Crippen LogP contribution in [0.2, 0.25) is 0 Å². The Balaban J connectivity index is 2.83. The van der Waals surface area contributed by atoms with Gasteiger partial charge in [-0.15, -0.1) is 0 Å². The summed E-state index contributed by atoms with van der Waals surface area (Å²) in [6, 6.07) is 6.87. The summed E-state index contributed by atoms with van der Waals surface area (Å²) in [5, 5.41) is 9.32. The van der Waals surface area contributed by atoms with Gasteiger partial charge in [0.1, 0.15) is 11.9 Å². The molecule has 0 heterocycles. The van der Waals surface area contributed by atoms with Crippen molar-refractivity contribution in [2.75, 3.05) is 0 Å². The summed E-state index contributed by atoms with van der Waals surface area (Å²) in [6.45, 7) is 7.66. The predicted octanol–water partition coefficient (Wildman–Crippen LogP) is 4.21. The molecular weight excluding hydrogens is 240 g/mol. The van der Waals surface area contributed by atoms with E-state index in [1.54, 1.807) is 12.1 Å². The minimum atomic E-state index is -0.499. The van der Waals surface area contributed by atoms with Crippen LogP contribution in [0.25, 0.3) is 0 Å². The highest BCUT2D eigenvalue weighted by Gasteiger charge is 2.26. The van der Waals surface area contributed by atoms with Gasteiger partial charge in [0, 0.05) is 0 Å². The lowest BCUT2D eigenvalue weighted by Gasteiger charge is -2.23. The lowest BCUT2D eigenvalue weighted by molar-refractivity contribution is -0.159. The lowest BCUT2D eigenvalue weighted by Crippen LogP contribution is -2.25. The molecule has 0 spiro atoms. The maximum atomic E-state index is 12.0. The summed E-state index contributed by atoms with van der Waals surface area (Å²) in [5.41, 5.74) is 0.435. The summed E-state index contributed by atoms with van der Waals surface area (Å²) in [4.78, 5) is 12.0. The molecule has 0 bridgehead atoms. The summed E-state index contributed by atoms with van der Waals surface area (Å²) < 4.78 is 5.62. The molecule has 1 rings (SSSR count). The first kappa shape index (κ1) is 15.5. The van der Waals surface area contributed by atoms with Gasteiger partial charge >= 0.3 is 5.97 Å². The first-order chi connectivity index (χ1) is 8.84. The number of benzene rings is 1. The molecule has 0 fully saturated rings.